The maximum atomic E-state index is 12.2. The van der Waals surface area contributed by atoms with E-state index in [2.05, 4.69) is 10.3 Å². The number of nitrogens with one attached hydrogen (secondary N) is 1. The fraction of sp³-hybridized carbons (Fsp3) is 0.533. The molecule has 20 heavy (non-hydrogen) atoms. The van der Waals surface area contributed by atoms with Crippen LogP contribution in [0.4, 0.5) is 5.69 Å². The zero-order chi connectivity index (χ0) is 14.7. The van der Waals surface area contributed by atoms with E-state index in [1.165, 1.54) is 6.20 Å². The fourth-order valence-corrected chi connectivity index (χ4v) is 2.25. The highest BCUT2D eigenvalue weighted by Crippen LogP contribution is 2.23. The lowest BCUT2D eigenvalue weighted by Crippen LogP contribution is -2.32. The number of hydrogen-bond donors (Lipinski definition) is 1. The molecule has 1 aromatic heterocycles. The van der Waals surface area contributed by atoms with Gasteiger partial charge in [-0.15, -0.1) is 0 Å². The second-order valence-corrected chi connectivity index (χ2v) is 5.49. The van der Waals surface area contributed by atoms with Crippen LogP contribution in [0.2, 0.25) is 0 Å². The zero-order valence-electron chi connectivity index (χ0n) is 12.1. The Morgan fingerprint density at radius 2 is 2.20 bits per heavy atom. The van der Waals surface area contributed by atoms with Crippen molar-refractivity contribution in [3.05, 3.63) is 24.0 Å². The third-order valence-electron chi connectivity index (χ3n) is 3.51. The van der Waals surface area contributed by atoms with Gasteiger partial charge in [0.25, 0.3) is 5.91 Å². The number of amides is 1. The Balaban J connectivity index is 2.17. The van der Waals surface area contributed by atoms with Gasteiger partial charge in [0, 0.05) is 24.9 Å². The van der Waals surface area contributed by atoms with Gasteiger partial charge < -0.3 is 10.1 Å². The van der Waals surface area contributed by atoms with E-state index < -0.39 is 6.10 Å². The lowest BCUT2D eigenvalue weighted by molar-refractivity contribution is -0.126. The zero-order valence-corrected chi connectivity index (χ0v) is 12.1. The summed E-state index contributed by atoms with van der Waals surface area (Å²) in [4.78, 5) is 28.3. The lowest BCUT2D eigenvalue weighted by atomic mass is 10.0. The fourth-order valence-electron chi connectivity index (χ4n) is 2.25. The van der Waals surface area contributed by atoms with E-state index in [0.717, 1.165) is 6.42 Å². The Morgan fingerprint density at radius 1 is 1.45 bits per heavy atom. The number of rotatable bonds is 4. The van der Waals surface area contributed by atoms with Crippen LogP contribution in [0.3, 0.4) is 0 Å². The normalized spacial score (nSPS) is 22.0. The average Bonchev–Trinajstić information content (AvgIpc) is 2.84. The molecule has 0 saturated carbocycles. The number of pyridine rings is 1. The van der Waals surface area contributed by atoms with Gasteiger partial charge in [0.1, 0.15) is 6.10 Å². The number of nitrogens with zero attached hydrogens (tertiary/aromatic N) is 1. The molecule has 0 aromatic carbocycles. The van der Waals surface area contributed by atoms with E-state index in [9.17, 15) is 9.59 Å². The summed E-state index contributed by atoms with van der Waals surface area (Å²) >= 11 is 0. The molecular formula is C15H20N2O3. The SMILES string of the molecule is CC(C)C(=O)c1cnccc1NC(=O)[C@H]1OCC[C@@H]1C. The van der Waals surface area contributed by atoms with Crippen LogP contribution in [0.25, 0.3) is 0 Å². The molecule has 1 amide bonds. The van der Waals surface area contributed by atoms with E-state index in [-0.39, 0.29) is 23.5 Å². The van der Waals surface area contributed by atoms with Gasteiger partial charge in [0.05, 0.1) is 11.3 Å². The van der Waals surface area contributed by atoms with Crippen LogP contribution in [-0.4, -0.2) is 29.4 Å². The summed E-state index contributed by atoms with van der Waals surface area (Å²) in [5.74, 6) is -0.176. The third-order valence-corrected chi connectivity index (χ3v) is 3.51. The van der Waals surface area contributed by atoms with Gasteiger partial charge in [-0.3, -0.25) is 14.6 Å². The van der Waals surface area contributed by atoms with Crippen molar-refractivity contribution in [2.75, 3.05) is 11.9 Å². The molecule has 0 spiro atoms. The van der Waals surface area contributed by atoms with Crippen LogP contribution >= 0.6 is 0 Å². The van der Waals surface area contributed by atoms with Gasteiger partial charge in [0.15, 0.2) is 5.78 Å². The maximum absolute atomic E-state index is 12.2. The molecule has 0 bridgehead atoms. The van der Waals surface area contributed by atoms with E-state index >= 15 is 0 Å². The molecule has 2 rings (SSSR count). The number of ether oxygens (including phenoxy) is 1. The first-order valence-electron chi connectivity index (χ1n) is 6.91. The molecule has 108 valence electrons. The summed E-state index contributed by atoms with van der Waals surface area (Å²) in [5, 5.41) is 2.79. The van der Waals surface area contributed by atoms with Crippen molar-refractivity contribution in [1.29, 1.82) is 0 Å². The van der Waals surface area contributed by atoms with Gasteiger partial charge >= 0.3 is 0 Å². The summed E-state index contributed by atoms with van der Waals surface area (Å²) < 4.78 is 5.43. The van der Waals surface area contributed by atoms with E-state index in [1.807, 2.05) is 20.8 Å². The molecule has 1 aliphatic rings. The van der Waals surface area contributed by atoms with Crippen molar-refractivity contribution in [2.24, 2.45) is 11.8 Å². The van der Waals surface area contributed by atoms with Crippen molar-refractivity contribution in [3.63, 3.8) is 0 Å². The molecule has 1 aliphatic heterocycles. The minimum absolute atomic E-state index is 0.0335. The predicted octanol–water partition coefficient (Wildman–Crippen LogP) is 2.28. The monoisotopic (exact) mass is 276 g/mol. The highest BCUT2D eigenvalue weighted by molar-refractivity contribution is 6.06. The Morgan fingerprint density at radius 3 is 2.80 bits per heavy atom. The topological polar surface area (TPSA) is 68.3 Å². The van der Waals surface area contributed by atoms with Crippen LogP contribution in [0.5, 0.6) is 0 Å². The van der Waals surface area contributed by atoms with Gasteiger partial charge in [-0.1, -0.05) is 20.8 Å². The predicted molar refractivity (Wildman–Crippen MR) is 75.6 cm³/mol. The number of hydrogen-bond acceptors (Lipinski definition) is 4. The number of anilines is 1. The molecule has 1 fully saturated rings. The van der Waals surface area contributed by atoms with Crippen molar-refractivity contribution < 1.29 is 14.3 Å². The minimum Gasteiger partial charge on any atom is -0.368 e. The number of aromatic nitrogens is 1. The highest BCUT2D eigenvalue weighted by atomic mass is 16.5. The number of ketones is 1. The van der Waals surface area contributed by atoms with Crippen LogP contribution in [0.1, 0.15) is 37.6 Å². The first kappa shape index (κ1) is 14.7. The minimum atomic E-state index is -0.440. The summed E-state index contributed by atoms with van der Waals surface area (Å²) in [5.41, 5.74) is 0.952. The Kier molecular flexibility index (Phi) is 4.49. The summed E-state index contributed by atoms with van der Waals surface area (Å²) in [6.45, 7) is 6.24. The van der Waals surface area contributed by atoms with Crippen LogP contribution in [-0.2, 0) is 9.53 Å². The van der Waals surface area contributed by atoms with Crippen LogP contribution in [0.15, 0.2) is 18.5 Å². The van der Waals surface area contributed by atoms with Gasteiger partial charge in [-0.05, 0) is 18.4 Å². The quantitative estimate of drug-likeness (QED) is 0.857. The van der Waals surface area contributed by atoms with Crippen molar-refractivity contribution in [2.45, 2.75) is 33.3 Å². The van der Waals surface area contributed by atoms with Gasteiger partial charge in [-0.25, -0.2) is 0 Å². The first-order valence-corrected chi connectivity index (χ1v) is 6.91. The summed E-state index contributed by atoms with van der Waals surface area (Å²) in [6.07, 6.45) is 3.50. The molecule has 1 N–H and O–H groups in total. The van der Waals surface area contributed by atoms with E-state index in [4.69, 9.17) is 4.74 Å². The first-order chi connectivity index (χ1) is 9.50. The average molecular weight is 276 g/mol. The van der Waals surface area contributed by atoms with Crippen molar-refractivity contribution >= 4 is 17.4 Å². The number of carbonyl (C=O) groups is 2. The molecule has 2 atom stereocenters. The van der Waals surface area contributed by atoms with Crippen molar-refractivity contribution in [1.82, 2.24) is 4.98 Å². The third kappa shape index (κ3) is 3.04. The Bertz CT molecular complexity index is 514. The summed E-state index contributed by atoms with van der Waals surface area (Å²) in [6, 6.07) is 1.65. The number of carbonyl (C=O) groups excluding carboxylic acids is 2. The highest BCUT2D eigenvalue weighted by Gasteiger charge is 2.31. The second kappa shape index (κ2) is 6.13. The largest absolute Gasteiger partial charge is 0.368 e. The number of Topliss-reactive ketones (excluding diaryl/α,β-unsaturated/α-hetero) is 1. The smallest absolute Gasteiger partial charge is 0.253 e. The molecule has 1 aromatic rings. The van der Waals surface area contributed by atoms with E-state index in [1.54, 1.807) is 12.3 Å². The maximum Gasteiger partial charge on any atom is 0.253 e. The Labute approximate surface area is 118 Å². The Hall–Kier alpha value is -1.75. The molecule has 2 heterocycles. The molecule has 1 saturated heterocycles. The lowest BCUT2D eigenvalue weighted by Gasteiger charge is -2.16. The molecule has 0 aliphatic carbocycles. The molecular weight excluding hydrogens is 256 g/mol. The molecule has 5 heteroatoms. The second-order valence-electron chi connectivity index (χ2n) is 5.49. The van der Waals surface area contributed by atoms with Crippen molar-refractivity contribution in [3.8, 4) is 0 Å². The van der Waals surface area contributed by atoms with Gasteiger partial charge in [-0.2, -0.15) is 0 Å². The molecule has 5 nitrogen and oxygen atoms in total. The van der Waals surface area contributed by atoms with Crippen LogP contribution < -0.4 is 5.32 Å². The summed E-state index contributed by atoms with van der Waals surface area (Å²) in [7, 11) is 0. The molecule has 0 unspecified atom stereocenters. The van der Waals surface area contributed by atoms with E-state index in [0.29, 0.717) is 17.9 Å². The van der Waals surface area contributed by atoms with Gasteiger partial charge in [0.2, 0.25) is 0 Å². The molecule has 0 radical (unpaired) electrons. The van der Waals surface area contributed by atoms with Crippen LogP contribution in [0, 0.1) is 11.8 Å². The standard InChI is InChI=1S/C15H20N2O3/c1-9(2)13(18)11-8-16-6-4-12(11)17-15(19)14-10(3)5-7-20-14/h4,6,8-10,14H,5,7H2,1-3H3,(H,16,17,19)/t10-,14-/m0/s1.